The van der Waals surface area contributed by atoms with Gasteiger partial charge in [0.1, 0.15) is 12.4 Å². The van der Waals surface area contributed by atoms with Crippen molar-refractivity contribution in [3.05, 3.63) is 28.4 Å². The minimum absolute atomic E-state index is 0.0261. The lowest BCUT2D eigenvalue weighted by Crippen LogP contribution is -2.54. The summed E-state index contributed by atoms with van der Waals surface area (Å²) in [6, 6.07) is 2.82. The zero-order chi connectivity index (χ0) is 12.3. The highest BCUT2D eigenvalue weighted by atomic mass is 16.6. The lowest BCUT2D eigenvalue weighted by Gasteiger charge is -2.37. The van der Waals surface area contributed by atoms with E-state index in [0.717, 1.165) is 6.29 Å². The summed E-state index contributed by atoms with van der Waals surface area (Å²) in [5.41, 5.74) is 0. The average molecular weight is 237 g/mol. The van der Waals surface area contributed by atoms with Gasteiger partial charge in [-0.15, -0.1) is 0 Å². The quantitative estimate of drug-likeness (QED) is 0.414. The van der Waals surface area contributed by atoms with Gasteiger partial charge >= 0.3 is 5.82 Å². The summed E-state index contributed by atoms with van der Waals surface area (Å²) in [5.74, 6) is 0.305. The van der Waals surface area contributed by atoms with Crippen LogP contribution in [0.1, 0.15) is 0 Å². The first-order valence-electron chi connectivity index (χ1n) is 5.12. The molecule has 1 aromatic rings. The van der Waals surface area contributed by atoms with Crippen molar-refractivity contribution < 1.29 is 14.5 Å². The van der Waals surface area contributed by atoms with Gasteiger partial charge in [-0.2, -0.15) is 0 Å². The number of likely N-dealkylation sites (tertiary alicyclic amines) is 1. The smallest absolute Gasteiger partial charge is 0.363 e. The van der Waals surface area contributed by atoms with Crippen LogP contribution in [-0.2, 0) is 4.79 Å². The molecule has 0 bridgehead atoms. The highest BCUT2D eigenvalue weighted by Gasteiger charge is 2.28. The Hall–Kier alpha value is -2.02. The lowest BCUT2D eigenvalue weighted by atomic mass is 10.2. The van der Waals surface area contributed by atoms with Crippen LogP contribution < -0.4 is 4.74 Å². The first-order chi connectivity index (χ1) is 8.19. The zero-order valence-corrected chi connectivity index (χ0v) is 8.98. The standard InChI is InChI=1S/C10H11N3O4/c14-4-3-12-6-9(7-12)17-8-1-2-10(11-5-8)13(15)16/h1-2,4-5,9H,3,6-7H2. The fraction of sp³-hybridized carbons (Fsp3) is 0.400. The van der Waals surface area contributed by atoms with E-state index in [1.165, 1.54) is 18.3 Å². The topological polar surface area (TPSA) is 85.6 Å². The maximum atomic E-state index is 10.4. The van der Waals surface area contributed by atoms with Gasteiger partial charge in [-0.3, -0.25) is 4.90 Å². The van der Waals surface area contributed by atoms with Gasteiger partial charge in [0, 0.05) is 19.2 Å². The molecule has 1 aliphatic heterocycles. The molecule has 0 aliphatic carbocycles. The van der Waals surface area contributed by atoms with E-state index < -0.39 is 4.92 Å². The maximum absolute atomic E-state index is 10.4. The minimum atomic E-state index is -0.557. The summed E-state index contributed by atoms with van der Waals surface area (Å²) in [4.78, 5) is 25.6. The predicted molar refractivity (Wildman–Crippen MR) is 57.8 cm³/mol. The van der Waals surface area contributed by atoms with Gasteiger partial charge in [-0.1, -0.05) is 0 Å². The lowest BCUT2D eigenvalue weighted by molar-refractivity contribution is -0.389. The van der Waals surface area contributed by atoms with Crippen LogP contribution in [0, 0.1) is 10.1 Å². The predicted octanol–water partition coefficient (Wildman–Crippen LogP) is 0.252. The summed E-state index contributed by atoms with van der Waals surface area (Å²) in [7, 11) is 0. The molecule has 0 N–H and O–H groups in total. The second kappa shape index (κ2) is 4.88. The van der Waals surface area contributed by atoms with Gasteiger partial charge in [0.2, 0.25) is 0 Å². The molecule has 1 aliphatic rings. The first kappa shape index (κ1) is 11.5. The molecule has 1 saturated heterocycles. The summed E-state index contributed by atoms with van der Waals surface area (Å²) in [6.07, 6.45) is 2.21. The molecule has 0 radical (unpaired) electrons. The van der Waals surface area contributed by atoms with Crippen LogP contribution in [0.3, 0.4) is 0 Å². The minimum Gasteiger partial charge on any atom is -0.484 e. The van der Waals surface area contributed by atoms with E-state index in [0.29, 0.717) is 25.4 Å². The zero-order valence-electron chi connectivity index (χ0n) is 8.98. The third kappa shape index (κ3) is 2.76. The number of nitro groups is 1. The Morgan fingerprint density at radius 3 is 2.88 bits per heavy atom. The van der Waals surface area contributed by atoms with Crippen LogP contribution in [0.4, 0.5) is 5.82 Å². The molecule has 7 heteroatoms. The van der Waals surface area contributed by atoms with Crippen molar-refractivity contribution >= 4 is 12.1 Å². The number of hydrogen-bond acceptors (Lipinski definition) is 6. The van der Waals surface area contributed by atoms with Gasteiger partial charge in [0.05, 0.1) is 6.54 Å². The van der Waals surface area contributed by atoms with E-state index >= 15 is 0 Å². The van der Waals surface area contributed by atoms with Crippen molar-refractivity contribution in [2.45, 2.75) is 6.10 Å². The van der Waals surface area contributed by atoms with E-state index in [2.05, 4.69) is 4.98 Å². The fourth-order valence-corrected chi connectivity index (χ4v) is 1.59. The SMILES string of the molecule is O=CCN1CC(Oc2ccc([N+](=O)[O-])nc2)C1. The fourth-order valence-electron chi connectivity index (χ4n) is 1.59. The number of pyridine rings is 1. The average Bonchev–Trinajstić information content (AvgIpc) is 2.27. The highest BCUT2D eigenvalue weighted by Crippen LogP contribution is 2.18. The molecule has 0 unspecified atom stereocenters. The van der Waals surface area contributed by atoms with Crippen molar-refractivity contribution in [1.82, 2.24) is 9.88 Å². The van der Waals surface area contributed by atoms with E-state index in [4.69, 9.17) is 4.74 Å². The van der Waals surface area contributed by atoms with Gasteiger partial charge in [-0.25, -0.2) is 0 Å². The van der Waals surface area contributed by atoms with Gasteiger partial charge < -0.3 is 19.6 Å². The van der Waals surface area contributed by atoms with Gasteiger partial charge in [0.25, 0.3) is 0 Å². The number of nitrogens with zero attached hydrogens (tertiary/aromatic N) is 3. The Morgan fingerprint density at radius 2 is 2.35 bits per heavy atom. The molecule has 0 atom stereocenters. The van der Waals surface area contributed by atoms with Crippen molar-refractivity contribution in [3.63, 3.8) is 0 Å². The largest absolute Gasteiger partial charge is 0.484 e. The third-order valence-corrected chi connectivity index (χ3v) is 2.47. The molecule has 7 nitrogen and oxygen atoms in total. The summed E-state index contributed by atoms with van der Waals surface area (Å²) in [6.45, 7) is 1.80. The number of aromatic nitrogens is 1. The van der Waals surface area contributed by atoms with Crippen molar-refractivity contribution in [2.24, 2.45) is 0 Å². The van der Waals surface area contributed by atoms with Gasteiger partial charge in [-0.05, 0) is 16.0 Å². The van der Waals surface area contributed by atoms with Crippen LogP contribution in [0.15, 0.2) is 18.3 Å². The molecule has 0 saturated carbocycles. The number of carbonyl (C=O) groups is 1. The Bertz CT molecular complexity index is 414. The third-order valence-electron chi connectivity index (χ3n) is 2.47. The molecule has 1 fully saturated rings. The number of carbonyl (C=O) groups excluding carboxylic acids is 1. The maximum Gasteiger partial charge on any atom is 0.363 e. The molecule has 2 heterocycles. The molecule has 17 heavy (non-hydrogen) atoms. The van der Waals surface area contributed by atoms with Crippen LogP contribution in [-0.4, -0.2) is 46.8 Å². The molecule has 1 aromatic heterocycles. The molecule has 0 amide bonds. The van der Waals surface area contributed by atoms with Crippen LogP contribution in [0.5, 0.6) is 5.75 Å². The summed E-state index contributed by atoms with van der Waals surface area (Å²) >= 11 is 0. The highest BCUT2D eigenvalue weighted by molar-refractivity contribution is 5.52. The number of rotatable bonds is 5. The van der Waals surface area contributed by atoms with E-state index in [1.54, 1.807) is 0 Å². The van der Waals surface area contributed by atoms with E-state index in [1.807, 2.05) is 4.90 Å². The van der Waals surface area contributed by atoms with Crippen LogP contribution in [0.25, 0.3) is 0 Å². The molecule has 2 rings (SSSR count). The van der Waals surface area contributed by atoms with E-state index in [9.17, 15) is 14.9 Å². The van der Waals surface area contributed by atoms with Crippen molar-refractivity contribution in [3.8, 4) is 5.75 Å². The van der Waals surface area contributed by atoms with Crippen LogP contribution in [0.2, 0.25) is 0 Å². The molecule has 0 spiro atoms. The molecule has 0 aromatic carbocycles. The Morgan fingerprint density at radius 1 is 1.59 bits per heavy atom. The second-order valence-corrected chi connectivity index (χ2v) is 3.73. The number of ether oxygens (including phenoxy) is 1. The summed E-state index contributed by atoms with van der Waals surface area (Å²) < 4.78 is 5.52. The number of hydrogen-bond donors (Lipinski definition) is 0. The number of aldehydes is 1. The van der Waals surface area contributed by atoms with Gasteiger partial charge in [0.15, 0.2) is 11.9 Å². The Balaban J connectivity index is 1.84. The Kier molecular flexibility index (Phi) is 3.29. The molecule has 90 valence electrons. The first-order valence-corrected chi connectivity index (χ1v) is 5.12. The second-order valence-electron chi connectivity index (χ2n) is 3.73. The van der Waals surface area contributed by atoms with Crippen molar-refractivity contribution in [2.75, 3.05) is 19.6 Å². The Labute approximate surface area is 97.2 Å². The normalized spacial score (nSPS) is 16.2. The van der Waals surface area contributed by atoms with Crippen LogP contribution >= 0.6 is 0 Å². The molecular formula is C10H11N3O4. The van der Waals surface area contributed by atoms with E-state index in [-0.39, 0.29) is 11.9 Å². The molecular weight excluding hydrogens is 226 g/mol. The monoisotopic (exact) mass is 237 g/mol. The van der Waals surface area contributed by atoms with Crippen molar-refractivity contribution in [1.29, 1.82) is 0 Å². The summed E-state index contributed by atoms with van der Waals surface area (Å²) in [5, 5.41) is 10.4.